The van der Waals surface area contributed by atoms with Gasteiger partial charge in [0.25, 0.3) is 5.69 Å². The summed E-state index contributed by atoms with van der Waals surface area (Å²) in [4.78, 5) is 20.8. The summed E-state index contributed by atoms with van der Waals surface area (Å²) in [7, 11) is 0. The van der Waals surface area contributed by atoms with Crippen LogP contribution in [0.4, 0.5) is 11.4 Å². The first-order chi connectivity index (χ1) is 8.93. The molecule has 0 radical (unpaired) electrons. The molecule has 0 saturated carbocycles. The van der Waals surface area contributed by atoms with E-state index >= 15 is 0 Å². The second-order valence-electron chi connectivity index (χ2n) is 4.51. The minimum atomic E-state index is -0.811. The zero-order valence-corrected chi connectivity index (χ0v) is 11.0. The van der Waals surface area contributed by atoms with Crippen molar-refractivity contribution >= 4 is 17.3 Å². The van der Waals surface area contributed by atoms with Crippen molar-refractivity contribution in [3.63, 3.8) is 0 Å². The van der Waals surface area contributed by atoms with E-state index in [9.17, 15) is 14.9 Å². The lowest BCUT2D eigenvalue weighted by Crippen LogP contribution is -2.17. The molecule has 1 aromatic carbocycles. The van der Waals surface area contributed by atoms with E-state index in [1.165, 1.54) is 12.1 Å². The first-order valence-corrected chi connectivity index (χ1v) is 6.14. The molecule has 0 heterocycles. The van der Waals surface area contributed by atoms with Gasteiger partial charge in [-0.05, 0) is 24.5 Å². The van der Waals surface area contributed by atoms with Crippen LogP contribution in [-0.2, 0) is 4.79 Å². The third-order valence-corrected chi connectivity index (χ3v) is 3.04. The standard InChI is InChI=1S/C13H18N2O4/c1-3-10(7-13(16)17)8-14-12-5-4-11(15(18)19)6-9(12)2/h4-6,10,14H,3,7-8H2,1-2H3,(H,16,17). The Morgan fingerprint density at radius 3 is 2.68 bits per heavy atom. The van der Waals surface area contributed by atoms with Crippen LogP contribution in [0.3, 0.4) is 0 Å². The van der Waals surface area contributed by atoms with Gasteiger partial charge in [0.1, 0.15) is 0 Å². The molecular formula is C13H18N2O4. The summed E-state index contributed by atoms with van der Waals surface area (Å²) in [5.41, 5.74) is 1.63. The van der Waals surface area contributed by atoms with Gasteiger partial charge in [-0.1, -0.05) is 13.3 Å². The summed E-state index contributed by atoms with van der Waals surface area (Å²) in [6.07, 6.45) is 0.890. The molecule has 6 nitrogen and oxygen atoms in total. The van der Waals surface area contributed by atoms with Gasteiger partial charge < -0.3 is 10.4 Å². The van der Waals surface area contributed by atoms with Crippen LogP contribution in [0.1, 0.15) is 25.3 Å². The van der Waals surface area contributed by atoms with Gasteiger partial charge in [0, 0.05) is 30.8 Å². The fourth-order valence-electron chi connectivity index (χ4n) is 1.82. The molecule has 0 amide bonds. The number of nitro benzene ring substituents is 1. The number of hydrogen-bond donors (Lipinski definition) is 2. The summed E-state index contributed by atoms with van der Waals surface area (Å²) in [6, 6.07) is 4.59. The summed E-state index contributed by atoms with van der Waals surface area (Å²) in [6.45, 7) is 4.27. The minimum Gasteiger partial charge on any atom is -0.481 e. The number of nitrogens with zero attached hydrogens (tertiary/aromatic N) is 1. The molecule has 0 fully saturated rings. The third-order valence-electron chi connectivity index (χ3n) is 3.04. The van der Waals surface area contributed by atoms with Crippen LogP contribution in [0.2, 0.25) is 0 Å². The molecule has 2 N–H and O–H groups in total. The van der Waals surface area contributed by atoms with Crippen LogP contribution in [0.25, 0.3) is 0 Å². The first kappa shape index (κ1) is 14.9. The van der Waals surface area contributed by atoms with E-state index in [1.807, 2.05) is 6.92 Å². The second-order valence-corrected chi connectivity index (χ2v) is 4.51. The lowest BCUT2D eigenvalue weighted by Gasteiger charge is -2.15. The van der Waals surface area contributed by atoms with Gasteiger partial charge in [0.15, 0.2) is 0 Å². The number of non-ortho nitro benzene ring substituents is 1. The quantitative estimate of drug-likeness (QED) is 0.584. The third kappa shape index (κ3) is 4.57. The van der Waals surface area contributed by atoms with E-state index in [0.717, 1.165) is 17.7 Å². The van der Waals surface area contributed by atoms with Crippen LogP contribution >= 0.6 is 0 Å². The van der Waals surface area contributed by atoms with E-state index in [1.54, 1.807) is 13.0 Å². The number of carboxylic acids is 1. The second kappa shape index (κ2) is 6.72. The molecule has 0 spiro atoms. The van der Waals surface area contributed by atoms with Crippen molar-refractivity contribution < 1.29 is 14.8 Å². The van der Waals surface area contributed by atoms with Crippen molar-refractivity contribution in [3.8, 4) is 0 Å². The average Bonchev–Trinajstić information content (AvgIpc) is 2.34. The Morgan fingerprint density at radius 2 is 2.21 bits per heavy atom. The van der Waals surface area contributed by atoms with Gasteiger partial charge in [-0.15, -0.1) is 0 Å². The Hall–Kier alpha value is -2.11. The topological polar surface area (TPSA) is 92.5 Å². The van der Waals surface area contributed by atoms with Gasteiger partial charge >= 0.3 is 5.97 Å². The maximum atomic E-state index is 10.7. The lowest BCUT2D eigenvalue weighted by atomic mass is 10.0. The zero-order valence-electron chi connectivity index (χ0n) is 11.0. The number of anilines is 1. The Kier molecular flexibility index (Phi) is 5.29. The van der Waals surface area contributed by atoms with Crippen molar-refractivity contribution in [2.24, 2.45) is 5.92 Å². The van der Waals surface area contributed by atoms with E-state index in [-0.39, 0.29) is 18.0 Å². The van der Waals surface area contributed by atoms with Crippen molar-refractivity contribution in [2.45, 2.75) is 26.7 Å². The maximum Gasteiger partial charge on any atom is 0.303 e. The Morgan fingerprint density at radius 1 is 1.53 bits per heavy atom. The summed E-state index contributed by atoms with van der Waals surface area (Å²) in [5, 5.41) is 22.5. The Bertz CT molecular complexity index is 474. The largest absolute Gasteiger partial charge is 0.481 e. The van der Waals surface area contributed by atoms with Crippen LogP contribution in [0, 0.1) is 23.0 Å². The number of benzene rings is 1. The van der Waals surface area contributed by atoms with E-state index < -0.39 is 10.9 Å². The monoisotopic (exact) mass is 266 g/mol. The molecule has 6 heteroatoms. The summed E-state index contributed by atoms with van der Waals surface area (Å²) in [5.74, 6) is -0.763. The number of aryl methyl sites for hydroxylation is 1. The van der Waals surface area contributed by atoms with E-state index in [2.05, 4.69) is 5.32 Å². The van der Waals surface area contributed by atoms with Gasteiger partial charge in [-0.2, -0.15) is 0 Å². The molecule has 0 aromatic heterocycles. The normalized spacial score (nSPS) is 11.9. The molecule has 0 saturated heterocycles. The number of rotatable bonds is 7. The highest BCUT2D eigenvalue weighted by Crippen LogP contribution is 2.22. The summed E-state index contributed by atoms with van der Waals surface area (Å²) >= 11 is 0. The van der Waals surface area contributed by atoms with Gasteiger partial charge in [-0.25, -0.2) is 0 Å². The molecule has 1 aromatic rings. The fraction of sp³-hybridized carbons (Fsp3) is 0.462. The molecule has 1 rings (SSSR count). The number of carbonyl (C=O) groups is 1. The highest BCUT2D eigenvalue weighted by molar-refractivity contribution is 5.67. The van der Waals surface area contributed by atoms with Crippen LogP contribution in [0.15, 0.2) is 18.2 Å². The van der Waals surface area contributed by atoms with Crippen molar-refractivity contribution in [1.82, 2.24) is 0 Å². The van der Waals surface area contributed by atoms with Crippen molar-refractivity contribution in [3.05, 3.63) is 33.9 Å². The zero-order chi connectivity index (χ0) is 14.4. The maximum absolute atomic E-state index is 10.7. The molecule has 19 heavy (non-hydrogen) atoms. The Labute approximate surface area is 111 Å². The molecule has 0 aliphatic carbocycles. The minimum absolute atomic E-state index is 0.0482. The predicted molar refractivity (Wildman–Crippen MR) is 72.4 cm³/mol. The van der Waals surface area contributed by atoms with Crippen molar-refractivity contribution in [1.29, 1.82) is 0 Å². The average molecular weight is 266 g/mol. The molecule has 0 aliphatic rings. The van der Waals surface area contributed by atoms with Crippen molar-refractivity contribution in [2.75, 3.05) is 11.9 Å². The fourth-order valence-corrected chi connectivity index (χ4v) is 1.82. The molecular weight excluding hydrogens is 248 g/mol. The number of hydrogen-bond acceptors (Lipinski definition) is 4. The molecule has 1 unspecified atom stereocenters. The van der Waals surface area contributed by atoms with Gasteiger partial charge in [0.2, 0.25) is 0 Å². The number of nitro groups is 1. The molecule has 0 bridgehead atoms. The van der Waals surface area contributed by atoms with Crippen LogP contribution < -0.4 is 5.32 Å². The number of carboxylic acid groups (broad SMARTS) is 1. The smallest absolute Gasteiger partial charge is 0.303 e. The lowest BCUT2D eigenvalue weighted by molar-refractivity contribution is -0.384. The highest BCUT2D eigenvalue weighted by Gasteiger charge is 2.12. The summed E-state index contributed by atoms with van der Waals surface area (Å²) < 4.78 is 0. The number of nitrogens with one attached hydrogen (secondary N) is 1. The SMILES string of the molecule is CCC(CNc1ccc([N+](=O)[O-])cc1C)CC(=O)O. The molecule has 0 aliphatic heterocycles. The van der Waals surface area contributed by atoms with Crippen LogP contribution in [0.5, 0.6) is 0 Å². The van der Waals surface area contributed by atoms with Crippen LogP contribution in [-0.4, -0.2) is 22.5 Å². The predicted octanol–water partition coefficient (Wildman–Crippen LogP) is 2.82. The van der Waals surface area contributed by atoms with Gasteiger partial charge in [-0.3, -0.25) is 14.9 Å². The number of aliphatic carboxylic acids is 1. The molecule has 1 atom stereocenters. The Balaban J connectivity index is 2.67. The first-order valence-electron chi connectivity index (χ1n) is 6.14. The highest BCUT2D eigenvalue weighted by atomic mass is 16.6. The molecule has 104 valence electrons. The van der Waals surface area contributed by atoms with Gasteiger partial charge in [0.05, 0.1) is 4.92 Å². The van der Waals surface area contributed by atoms with E-state index in [0.29, 0.717) is 6.54 Å². The van der Waals surface area contributed by atoms with E-state index in [4.69, 9.17) is 5.11 Å².